The van der Waals surface area contributed by atoms with Crippen molar-refractivity contribution in [2.75, 3.05) is 44.2 Å². The smallest absolute Gasteiger partial charge is 0.293 e. The summed E-state index contributed by atoms with van der Waals surface area (Å²) in [5.41, 5.74) is 1.47. The number of hydrogen-bond donors (Lipinski definition) is 1. The number of benzene rings is 1. The summed E-state index contributed by atoms with van der Waals surface area (Å²) in [4.78, 5) is 28.3. The van der Waals surface area contributed by atoms with Crippen LogP contribution in [0.1, 0.15) is 49.4 Å². The van der Waals surface area contributed by atoms with Crippen LogP contribution >= 0.6 is 12.4 Å². The molecule has 7 nitrogen and oxygen atoms in total. The van der Waals surface area contributed by atoms with E-state index in [1.54, 1.807) is 12.1 Å². The number of nitro benzene ring substituents is 1. The summed E-state index contributed by atoms with van der Waals surface area (Å²) in [5.74, 6) is 0.580. The molecule has 1 N–H and O–H groups in total. The summed E-state index contributed by atoms with van der Waals surface area (Å²) in [6, 6.07) is 5.02. The summed E-state index contributed by atoms with van der Waals surface area (Å²) in [6.07, 6.45) is 5.30. The maximum absolute atomic E-state index is 13.0. The SMILES string of the molecule is CC1CCN(c2ccc(C(=O)N3CCC4(CCNC4)CC3)cc2[N+](=O)[O-])CC1.Cl. The molecule has 160 valence electrons. The first-order chi connectivity index (χ1) is 13.5. The van der Waals surface area contributed by atoms with Gasteiger partial charge in [0, 0.05) is 44.4 Å². The first kappa shape index (κ1) is 21.8. The molecule has 1 aromatic rings. The molecule has 0 saturated carbocycles. The molecule has 3 heterocycles. The summed E-state index contributed by atoms with van der Waals surface area (Å²) in [7, 11) is 0. The third-order valence-electron chi connectivity index (χ3n) is 6.99. The Hall–Kier alpha value is -1.86. The summed E-state index contributed by atoms with van der Waals surface area (Å²) < 4.78 is 0. The van der Waals surface area contributed by atoms with Gasteiger partial charge in [-0.05, 0) is 62.1 Å². The Morgan fingerprint density at radius 1 is 1.17 bits per heavy atom. The van der Waals surface area contributed by atoms with Gasteiger partial charge in [-0.3, -0.25) is 14.9 Å². The monoisotopic (exact) mass is 422 g/mol. The number of nitrogens with zero attached hydrogens (tertiary/aromatic N) is 3. The second-order valence-corrected chi connectivity index (χ2v) is 8.85. The molecule has 1 amide bonds. The van der Waals surface area contributed by atoms with Crippen molar-refractivity contribution in [2.24, 2.45) is 11.3 Å². The number of carbonyl (C=O) groups excluding carboxylic acids is 1. The molecule has 3 aliphatic rings. The van der Waals surface area contributed by atoms with E-state index in [1.807, 2.05) is 4.90 Å². The molecule has 1 aromatic carbocycles. The van der Waals surface area contributed by atoms with Crippen LogP contribution in [0.5, 0.6) is 0 Å². The first-order valence-corrected chi connectivity index (χ1v) is 10.5. The van der Waals surface area contributed by atoms with Crippen LogP contribution < -0.4 is 10.2 Å². The second-order valence-electron chi connectivity index (χ2n) is 8.85. The fraction of sp³-hybridized carbons (Fsp3) is 0.667. The number of piperidine rings is 2. The number of likely N-dealkylation sites (tertiary alicyclic amines) is 1. The third kappa shape index (κ3) is 4.51. The predicted octanol–water partition coefficient (Wildman–Crippen LogP) is 3.47. The Morgan fingerprint density at radius 2 is 1.86 bits per heavy atom. The Morgan fingerprint density at radius 3 is 2.45 bits per heavy atom. The number of anilines is 1. The van der Waals surface area contributed by atoms with Gasteiger partial charge in [0.2, 0.25) is 0 Å². The lowest BCUT2D eigenvalue weighted by atomic mass is 9.78. The largest absolute Gasteiger partial charge is 0.366 e. The second kappa shape index (κ2) is 8.88. The Bertz CT molecular complexity index is 748. The molecule has 0 bridgehead atoms. The van der Waals surface area contributed by atoms with Crippen LogP contribution in [0.4, 0.5) is 11.4 Å². The van der Waals surface area contributed by atoms with Gasteiger partial charge in [-0.1, -0.05) is 6.92 Å². The zero-order chi connectivity index (χ0) is 19.7. The highest BCUT2D eigenvalue weighted by Crippen LogP contribution is 2.38. The van der Waals surface area contributed by atoms with E-state index in [1.165, 1.54) is 12.5 Å². The first-order valence-electron chi connectivity index (χ1n) is 10.5. The zero-order valence-electron chi connectivity index (χ0n) is 17.1. The molecule has 0 aliphatic carbocycles. The average Bonchev–Trinajstić information content (AvgIpc) is 3.16. The molecule has 0 atom stereocenters. The van der Waals surface area contributed by atoms with Crippen molar-refractivity contribution in [3.05, 3.63) is 33.9 Å². The number of carbonyl (C=O) groups is 1. The molecule has 3 fully saturated rings. The van der Waals surface area contributed by atoms with Crippen molar-refractivity contribution < 1.29 is 9.72 Å². The Labute approximate surface area is 178 Å². The van der Waals surface area contributed by atoms with Crippen LogP contribution in [0.2, 0.25) is 0 Å². The topological polar surface area (TPSA) is 78.7 Å². The van der Waals surface area contributed by atoms with Gasteiger partial charge >= 0.3 is 0 Å². The minimum absolute atomic E-state index is 0. The van der Waals surface area contributed by atoms with Gasteiger partial charge < -0.3 is 15.1 Å². The number of nitro groups is 1. The molecule has 29 heavy (non-hydrogen) atoms. The average molecular weight is 423 g/mol. The maximum atomic E-state index is 13.0. The summed E-state index contributed by atoms with van der Waals surface area (Å²) >= 11 is 0. The van der Waals surface area contributed by atoms with Gasteiger partial charge in [-0.25, -0.2) is 0 Å². The molecule has 1 spiro atoms. The molecule has 3 aliphatic heterocycles. The quantitative estimate of drug-likeness (QED) is 0.596. The lowest BCUT2D eigenvalue weighted by Gasteiger charge is -2.39. The van der Waals surface area contributed by atoms with Crippen molar-refractivity contribution >= 4 is 29.7 Å². The van der Waals surface area contributed by atoms with E-state index in [2.05, 4.69) is 17.1 Å². The van der Waals surface area contributed by atoms with Crippen LogP contribution in [0.3, 0.4) is 0 Å². The molecule has 4 rings (SSSR count). The van der Waals surface area contributed by atoms with Crippen LogP contribution in [0.25, 0.3) is 0 Å². The van der Waals surface area contributed by atoms with Crippen molar-refractivity contribution in [2.45, 2.75) is 39.0 Å². The van der Waals surface area contributed by atoms with Crippen LogP contribution in [-0.2, 0) is 0 Å². The molecule has 3 saturated heterocycles. The number of nitrogens with one attached hydrogen (secondary N) is 1. The standard InChI is InChI=1S/C21H30N4O3.ClH/c1-16-4-10-23(11-5-16)18-3-2-17(14-19(18)25(27)28)20(26)24-12-7-21(8-13-24)6-9-22-15-21;/h2-3,14,16,22H,4-13,15H2,1H3;1H. The maximum Gasteiger partial charge on any atom is 0.293 e. The van der Waals surface area contributed by atoms with Gasteiger partial charge in [0.1, 0.15) is 5.69 Å². The van der Waals surface area contributed by atoms with E-state index < -0.39 is 0 Å². The lowest BCUT2D eigenvalue weighted by molar-refractivity contribution is -0.384. The summed E-state index contributed by atoms with van der Waals surface area (Å²) in [5, 5.41) is 15.1. The number of amides is 1. The molecular formula is C21H31ClN4O3. The van der Waals surface area contributed by atoms with Crippen molar-refractivity contribution in [1.29, 1.82) is 0 Å². The van der Waals surface area contributed by atoms with E-state index in [-0.39, 0.29) is 28.9 Å². The van der Waals surface area contributed by atoms with Crippen LogP contribution in [0, 0.1) is 21.4 Å². The number of hydrogen-bond acceptors (Lipinski definition) is 5. The van der Waals surface area contributed by atoms with Crippen LogP contribution in [-0.4, -0.2) is 55.0 Å². The fourth-order valence-corrected chi connectivity index (χ4v) is 4.91. The number of rotatable bonds is 3. The van der Waals surface area contributed by atoms with E-state index in [0.717, 1.165) is 65.0 Å². The summed E-state index contributed by atoms with van der Waals surface area (Å²) in [6.45, 7) is 7.47. The Balaban J connectivity index is 0.00000240. The highest BCUT2D eigenvalue weighted by Gasteiger charge is 2.38. The minimum atomic E-state index is -0.348. The highest BCUT2D eigenvalue weighted by atomic mass is 35.5. The number of halogens is 1. The van der Waals surface area contributed by atoms with E-state index in [9.17, 15) is 14.9 Å². The van der Waals surface area contributed by atoms with E-state index in [0.29, 0.717) is 22.6 Å². The highest BCUT2D eigenvalue weighted by molar-refractivity contribution is 5.96. The zero-order valence-corrected chi connectivity index (χ0v) is 17.9. The van der Waals surface area contributed by atoms with Gasteiger partial charge in [0.15, 0.2) is 0 Å². The molecule has 0 aromatic heterocycles. The van der Waals surface area contributed by atoms with Crippen molar-refractivity contribution in [3.8, 4) is 0 Å². The third-order valence-corrected chi connectivity index (χ3v) is 6.99. The fourth-order valence-electron chi connectivity index (χ4n) is 4.91. The van der Waals surface area contributed by atoms with Gasteiger partial charge in [-0.15, -0.1) is 12.4 Å². The van der Waals surface area contributed by atoms with Gasteiger partial charge in [-0.2, -0.15) is 0 Å². The van der Waals surface area contributed by atoms with Gasteiger partial charge in [0.05, 0.1) is 4.92 Å². The minimum Gasteiger partial charge on any atom is -0.366 e. The van der Waals surface area contributed by atoms with E-state index >= 15 is 0 Å². The van der Waals surface area contributed by atoms with Crippen molar-refractivity contribution in [3.63, 3.8) is 0 Å². The van der Waals surface area contributed by atoms with Crippen molar-refractivity contribution in [1.82, 2.24) is 10.2 Å². The molecule has 8 heteroatoms. The van der Waals surface area contributed by atoms with E-state index in [4.69, 9.17) is 0 Å². The van der Waals surface area contributed by atoms with Gasteiger partial charge in [0.25, 0.3) is 11.6 Å². The van der Waals surface area contributed by atoms with Crippen LogP contribution in [0.15, 0.2) is 18.2 Å². The lowest BCUT2D eigenvalue weighted by Crippen LogP contribution is -2.44. The Kier molecular flexibility index (Phi) is 6.69. The molecular weight excluding hydrogens is 392 g/mol. The predicted molar refractivity (Wildman–Crippen MR) is 116 cm³/mol. The molecule has 0 radical (unpaired) electrons. The normalized spacial score (nSPS) is 21.8. The molecule has 0 unspecified atom stereocenters.